The van der Waals surface area contributed by atoms with E-state index in [1.165, 1.54) is 31.6 Å². The number of rotatable bonds is 5. The van der Waals surface area contributed by atoms with E-state index in [0.717, 1.165) is 31.2 Å². The molecular formula is C14H26N4. The van der Waals surface area contributed by atoms with Gasteiger partial charge in [0.25, 0.3) is 0 Å². The average Bonchev–Trinajstić information content (AvgIpc) is 2.70. The van der Waals surface area contributed by atoms with Gasteiger partial charge in [0.1, 0.15) is 0 Å². The van der Waals surface area contributed by atoms with Crippen molar-refractivity contribution in [2.75, 3.05) is 26.7 Å². The Labute approximate surface area is 110 Å². The molecule has 1 fully saturated rings. The predicted octanol–water partition coefficient (Wildman–Crippen LogP) is 1.64. The molecule has 2 heterocycles. The Bertz CT molecular complexity index is 370. The Kier molecular flexibility index (Phi) is 4.78. The molecule has 0 saturated carbocycles. The lowest BCUT2D eigenvalue weighted by Crippen LogP contribution is -2.38. The van der Waals surface area contributed by atoms with Gasteiger partial charge in [-0.25, -0.2) is 0 Å². The molecule has 1 aliphatic heterocycles. The first-order valence-electron chi connectivity index (χ1n) is 7.13. The first-order valence-corrected chi connectivity index (χ1v) is 7.13. The van der Waals surface area contributed by atoms with E-state index in [0.29, 0.717) is 0 Å². The molecule has 0 radical (unpaired) electrons. The standard InChI is InChI=1S/C14H26N4/c1-4-18-14(8-12(2)16-18)11-17-7-5-6-13(10-17)9-15-3/h8,13,15H,4-7,9-11H2,1-3H3. The van der Waals surface area contributed by atoms with E-state index in [2.05, 4.69) is 47.0 Å². The molecule has 0 bridgehead atoms. The number of piperidine rings is 1. The van der Waals surface area contributed by atoms with Gasteiger partial charge in [-0.15, -0.1) is 0 Å². The monoisotopic (exact) mass is 250 g/mol. The second-order valence-corrected chi connectivity index (χ2v) is 5.39. The summed E-state index contributed by atoms with van der Waals surface area (Å²) in [7, 11) is 2.05. The highest BCUT2D eigenvalue weighted by molar-refractivity contribution is 5.09. The van der Waals surface area contributed by atoms with Crippen LogP contribution in [0.25, 0.3) is 0 Å². The maximum Gasteiger partial charge on any atom is 0.0597 e. The van der Waals surface area contributed by atoms with E-state index < -0.39 is 0 Å². The molecule has 0 aliphatic carbocycles. The summed E-state index contributed by atoms with van der Waals surface area (Å²) in [6.45, 7) is 9.85. The predicted molar refractivity (Wildman–Crippen MR) is 74.6 cm³/mol. The molecule has 1 saturated heterocycles. The zero-order chi connectivity index (χ0) is 13.0. The zero-order valence-corrected chi connectivity index (χ0v) is 11.9. The number of likely N-dealkylation sites (tertiary alicyclic amines) is 1. The molecule has 1 aromatic rings. The molecule has 0 aromatic carbocycles. The minimum absolute atomic E-state index is 0.808. The minimum Gasteiger partial charge on any atom is -0.319 e. The Hall–Kier alpha value is -0.870. The lowest BCUT2D eigenvalue weighted by atomic mass is 9.98. The van der Waals surface area contributed by atoms with Crippen molar-refractivity contribution < 1.29 is 0 Å². The van der Waals surface area contributed by atoms with Gasteiger partial charge in [0, 0.05) is 19.6 Å². The first-order chi connectivity index (χ1) is 8.72. The zero-order valence-electron chi connectivity index (χ0n) is 11.9. The Morgan fingerprint density at radius 3 is 3.06 bits per heavy atom. The van der Waals surface area contributed by atoms with E-state index in [9.17, 15) is 0 Å². The number of nitrogens with zero attached hydrogens (tertiary/aromatic N) is 3. The van der Waals surface area contributed by atoms with Crippen LogP contribution in [0, 0.1) is 12.8 Å². The average molecular weight is 250 g/mol. The van der Waals surface area contributed by atoms with Crippen molar-refractivity contribution in [3.05, 3.63) is 17.5 Å². The van der Waals surface area contributed by atoms with Gasteiger partial charge >= 0.3 is 0 Å². The van der Waals surface area contributed by atoms with E-state index in [1.807, 2.05) is 0 Å². The lowest BCUT2D eigenvalue weighted by molar-refractivity contribution is 0.163. The summed E-state index contributed by atoms with van der Waals surface area (Å²) in [5.74, 6) is 0.808. The molecule has 18 heavy (non-hydrogen) atoms. The van der Waals surface area contributed by atoms with Crippen LogP contribution in [0.2, 0.25) is 0 Å². The van der Waals surface area contributed by atoms with Crippen molar-refractivity contribution in [3.63, 3.8) is 0 Å². The van der Waals surface area contributed by atoms with Crippen LogP contribution in [0.5, 0.6) is 0 Å². The van der Waals surface area contributed by atoms with Gasteiger partial charge in [0.15, 0.2) is 0 Å². The van der Waals surface area contributed by atoms with Crippen LogP contribution in [0.4, 0.5) is 0 Å². The van der Waals surface area contributed by atoms with Gasteiger partial charge in [0.2, 0.25) is 0 Å². The van der Waals surface area contributed by atoms with Gasteiger partial charge in [-0.05, 0) is 58.8 Å². The molecule has 1 aromatic heterocycles. The summed E-state index contributed by atoms with van der Waals surface area (Å²) in [5.41, 5.74) is 2.50. The topological polar surface area (TPSA) is 33.1 Å². The molecule has 0 spiro atoms. The highest BCUT2D eigenvalue weighted by Gasteiger charge is 2.20. The van der Waals surface area contributed by atoms with Crippen molar-refractivity contribution in [3.8, 4) is 0 Å². The molecule has 0 amide bonds. The maximum atomic E-state index is 4.53. The van der Waals surface area contributed by atoms with Crippen molar-refractivity contribution >= 4 is 0 Å². The maximum absolute atomic E-state index is 4.53. The summed E-state index contributed by atoms with van der Waals surface area (Å²) in [4.78, 5) is 2.58. The van der Waals surface area contributed by atoms with Crippen LogP contribution in [0.1, 0.15) is 31.2 Å². The van der Waals surface area contributed by atoms with Crippen LogP contribution < -0.4 is 5.32 Å². The van der Waals surface area contributed by atoms with Crippen LogP contribution in [-0.4, -0.2) is 41.4 Å². The van der Waals surface area contributed by atoms with Crippen molar-refractivity contribution in [2.24, 2.45) is 5.92 Å². The van der Waals surface area contributed by atoms with Gasteiger partial charge < -0.3 is 5.32 Å². The molecule has 102 valence electrons. The van der Waals surface area contributed by atoms with E-state index in [1.54, 1.807) is 0 Å². The highest BCUT2D eigenvalue weighted by atomic mass is 15.3. The van der Waals surface area contributed by atoms with Crippen molar-refractivity contribution in [1.29, 1.82) is 0 Å². The summed E-state index contributed by atoms with van der Waals surface area (Å²) in [5, 5.41) is 7.83. The van der Waals surface area contributed by atoms with Gasteiger partial charge in [0.05, 0.1) is 11.4 Å². The van der Waals surface area contributed by atoms with Crippen LogP contribution >= 0.6 is 0 Å². The summed E-state index contributed by atoms with van der Waals surface area (Å²) in [6, 6.07) is 2.23. The second-order valence-electron chi connectivity index (χ2n) is 5.39. The summed E-state index contributed by atoms with van der Waals surface area (Å²) in [6.07, 6.45) is 2.69. The highest BCUT2D eigenvalue weighted by Crippen LogP contribution is 2.18. The third kappa shape index (κ3) is 3.33. The minimum atomic E-state index is 0.808. The van der Waals surface area contributed by atoms with E-state index >= 15 is 0 Å². The molecule has 1 atom stereocenters. The Morgan fingerprint density at radius 1 is 1.50 bits per heavy atom. The quantitative estimate of drug-likeness (QED) is 0.862. The van der Waals surface area contributed by atoms with Crippen LogP contribution in [0.3, 0.4) is 0 Å². The van der Waals surface area contributed by atoms with E-state index in [-0.39, 0.29) is 0 Å². The number of aromatic nitrogens is 2. The molecule has 1 aliphatic rings. The SMILES string of the molecule is CCn1nc(C)cc1CN1CCCC(CNC)C1. The molecule has 4 nitrogen and oxygen atoms in total. The molecular weight excluding hydrogens is 224 g/mol. The molecule has 1 N–H and O–H groups in total. The third-order valence-electron chi connectivity index (χ3n) is 3.77. The Morgan fingerprint density at radius 2 is 2.33 bits per heavy atom. The molecule has 4 heteroatoms. The van der Waals surface area contributed by atoms with Crippen LogP contribution in [0.15, 0.2) is 6.07 Å². The van der Waals surface area contributed by atoms with Gasteiger partial charge in [-0.3, -0.25) is 9.58 Å². The smallest absolute Gasteiger partial charge is 0.0597 e. The third-order valence-corrected chi connectivity index (χ3v) is 3.77. The Balaban J connectivity index is 1.95. The normalized spacial score (nSPS) is 21.4. The van der Waals surface area contributed by atoms with Gasteiger partial charge in [-0.2, -0.15) is 5.10 Å². The fourth-order valence-corrected chi connectivity index (χ4v) is 2.98. The van der Waals surface area contributed by atoms with Crippen molar-refractivity contribution in [2.45, 2.75) is 39.8 Å². The first kappa shape index (κ1) is 13.6. The van der Waals surface area contributed by atoms with Gasteiger partial charge in [-0.1, -0.05) is 0 Å². The molecule has 2 rings (SSSR count). The number of hydrogen-bond acceptors (Lipinski definition) is 3. The number of nitrogens with one attached hydrogen (secondary N) is 1. The lowest BCUT2D eigenvalue weighted by Gasteiger charge is -2.32. The molecule has 1 unspecified atom stereocenters. The fourth-order valence-electron chi connectivity index (χ4n) is 2.98. The second kappa shape index (κ2) is 6.34. The van der Waals surface area contributed by atoms with Crippen molar-refractivity contribution in [1.82, 2.24) is 20.0 Å². The summed E-state index contributed by atoms with van der Waals surface area (Å²) < 4.78 is 2.14. The fraction of sp³-hybridized carbons (Fsp3) is 0.786. The number of hydrogen-bond donors (Lipinski definition) is 1. The van der Waals surface area contributed by atoms with E-state index in [4.69, 9.17) is 0 Å². The summed E-state index contributed by atoms with van der Waals surface area (Å²) >= 11 is 0. The van der Waals surface area contributed by atoms with Crippen LogP contribution in [-0.2, 0) is 13.1 Å². The number of aryl methyl sites for hydroxylation is 2. The largest absolute Gasteiger partial charge is 0.319 e.